The van der Waals surface area contributed by atoms with Crippen molar-refractivity contribution in [2.45, 2.75) is 0 Å². The molecule has 0 spiro atoms. The Bertz CT molecular complexity index is 992. The highest BCUT2D eigenvalue weighted by molar-refractivity contribution is 7.08. The maximum Gasteiger partial charge on any atom is 0.312 e. The molecule has 0 aliphatic heterocycles. The normalized spacial score (nSPS) is 9.96. The van der Waals surface area contributed by atoms with E-state index in [1.807, 2.05) is 11.4 Å². The van der Waals surface area contributed by atoms with Gasteiger partial charge in [-0.3, -0.25) is 14.9 Å². The molecule has 7 nitrogen and oxygen atoms in total. The van der Waals surface area contributed by atoms with Gasteiger partial charge in [0.15, 0.2) is 0 Å². The molecule has 0 bridgehead atoms. The van der Waals surface area contributed by atoms with Gasteiger partial charge in [-0.1, -0.05) is 0 Å². The number of hydrogen-bond acceptors (Lipinski definition) is 6. The number of carbonyl (C=O) groups is 1. The number of amides is 1. The Kier molecular flexibility index (Phi) is 4.92. The van der Waals surface area contributed by atoms with E-state index in [1.165, 1.54) is 23.5 Å². The van der Waals surface area contributed by atoms with Crippen molar-refractivity contribution in [3.63, 3.8) is 0 Å². The third-order valence-corrected chi connectivity index (χ3v) is 4.09. The maximum absolute atomic E-state index is 12.0. The van der Waals surface area contributed by atoms with Crippen LogP contribution >= 0.6 is 11.3 Å². The number of hydrogen-bond donors (Lipinski definition) is 1. The van der Waals surface area contributed by atoms with Crippen LogP contribution in [0.4, 0.5) is 11.4 Å². The average molecular weight is 365 g/mol. The molecule has 2 aromatic carbocycles. The quantitative estimate of drug-likeness (QED) is 0.526. The van der Waals surface area contributed by atoms with E-state index < -0.39 is 4.92 Å². The summed E-state index contributed by atoms with van der Waals surface area (Å²) in [5, 5.41) is 26.3. The van der Waals surface area contributed by atoms with Crippen LogP contribution in [0.25, 0.3) is 0 Å². The van der Waals surface area contributed by atoms with E-state index in [9.17, 15) is 14.9 Å². The van der Waals surface area contributed by atoms with Crippen molar-refractivity contribution < 1.29 is 14.5 Å². The first kappa shape index (κ1) is 17.1. The molecule has 1 aromatic heterocycles. The topological polar surface area (TPSA) is 105 Å². The highest BCUT2D eigenvalue weighted by Gasteiger charge is 2.17. The highest BCUT2D eigenvalue weighted by Crippen LogP contribution is 2.32. The van der Waals surface area contributed by atoms with Gasteiger partial charge in [0.1, 0.15) is 5.75 Å². The zero-order valence-corrected chi connectivity index (χ0v) is 14.0. The smallest absolute Gasteiger partial charge is 0.312 e. The van der Waals surface area contributed by atoms with E-state index in [4.69, 9.17) is 10.00 Å². The summed E-state index contributed by atoms with van der Waals surface area (Å²) in [6.45, 7) is 0. The van der Waals surface area contributed by atoms with Gasteiger partial charge in [0.2, 0.25) is 5.75 Å². The fourth-order valence-corrected chi connectivity index (χ4v) is 2.78. The molecular formula is C18H11N3O4S. The summed E-state index contributed by atoms with van der Waals surface area (Å²) in [5.74, 6) is 0.179. The first-order valence-electron chi connectivity index (χ1n) is 7.37. The Hall–Kier alpha value is -3.70. The Labute approximate surface area is 152 Å². The number of nitro groups is 1. The molecule has 8 heteroatoms. The van der Waals surface area contributed by atoms with Crippen LogP contribution in [-0.2, 0) is 0 Å². The van der Waals surface area contributed by atoms with Gasteiger partial charge < -0.3 is 10.1 Å². The minimum atomic E-state index is -0.606. The number of nitrogens with zero attached hydrogens (tertiary/aromatic N) is 2. The molecule has 0 unspecified atom stereocenters. The Morgan fingerprint density at radius 2 is 1.96 bits per heavy atom. The summed E-state index contributed by atoms with van der Waals surface area (Å²) >= 11 is 1.43. The van der Waals surface area contributed by atoms with Crippen molar-refractivity contribution in [2.75, 3.05) is 5.32 Å². The van der Waals surface area contributed by atoms with Crippen molar-refractivity contribution in [2.24, 2.45) is 0 Å². The molecule has 3 aromatic rings. The molecule has 0 radical (unpaired) electrons. The predicted molar refractivity (Wildman–Crippen MR) is 96.6 cm³/mol. The third-order valence-electron chi connectivity index (χ3n) is 3.41. The van der Waals surface area contributed by atoms with Crippen LogP contribution in [0.1, 0.15) is 15.9 Å². The Morgan fingerprint density at radius 3 is 2.58 bits per heavy atom. The minimum absolute atomic E-state index is 0.0315. The fraction of sp³-hybridized carbons (Fsp3) is 0. The predicted octanol–water partition coefficient (Wildman–Crippen LogP) is 4.57. The minimum Gasteiger partial charge on any atom is -0.450 e. The zero-order valence-electron chi connectivity index (χ0n) is 13.2. The zero-order chi connectivity index (χ0) is 18.5. The third kappa shape index (κ3) is 3.85. The molecule has 26 heavy (non-hydrogen) atoms. The number of nitriles is 1. The number of rotatable bonds is 5. The van der Waals surface area contributed by atoms with Crippen LogP contribution in [-0.4, -0.2) is 10.8 Å². The van der Waals surface area contributed by atoms with Gasteiger partial charge in [0.25, 0.3) is 5.91 Å². The molecule has 1 heterocycles. The summed E-state index contributed by atoms with van der Waals surface area (Å²) in [6, 6.07) is 14.0. The molecule has 1 N–H and O–H groups in total. The van der Waals surface area contributed by atoms with E-state index >= 15 is 0 Å². The van der Waals surface area contributed by atoms with Gasteiger partial charge in [0.05, 0.1) is 22.1 Å². The van der Waals surface area contributed by atoms with Crippen molar-refractivity contribution in [3.05, 3.63) is 80.5 Å². The average Bonchev–Trinajstić information content (AvgIpc) is 3.18. The van der Waals surface area contributed by atoms with Crippen LogP contribution in [0.5, 0.6) is 11.5 Å². The molecule has 0 aliphatic carbocycles. The molecule has 0 atom stereocenters. The van der Waals surface area contributed by atoms with Crippen molar-refractivity contribution in [3.8, 4) is 17.6 Å². The summed E-state index contributed by atoms with van der Waals surface area (Å²) in [6.07, 6.45) is 0. The van der Waals surface area contributed by atoms with Crippen LogP contribution < -0.4 is 10.1 Å². The largest absolute Gasteiger partial charge is 0.450 e. The summed E-state index contributed by atoms with van der Waals surface area (Å²) in [5.41, 5.74) is 1.03. The van der Waals surface area contributed by atoms with Crippen molar-refractivity contribution in [1.29, 1.82) is 5.26 Å². The van der Waals surface area contributed by atoms with E-state index in [0.717, 1.165) is 6.07 Å². The maximum atomic E-state index is 12.0. The number of nitrogens with one attached hydrogen (secondary N) is 1. The van der Waals surface area contributed by atoms with Gasteiger partial charge in [0, 0.05) is 17.1 Å². The summed E-state index contributed by atoms with van der Waals surface area (Å²) in [7, 11) is 0. The Balaban J connectivity index is 1.75. The van der Waals surface area contributed by atoms with E-state index in [-0.39, 0.29) is 22.9 Å². The molecule has 0 fully saturated rings. The van der Waals surface area contributed by atoms with Gasteiger partial charge in [-0.2, -0.15) is 16.6 Å². The molecular weight excluding hydrogens is 354 g/mol. The van der Waals surface area contributed by atoms with Crippen LogP contribution in [0, 0.1) is 21.4 Å². The molecule has 1 amide bonds. The van der Waals surface area contributed by atoms with Gasteiger partial charge in [-0.15, -0.1) is 0 Å². The highest BCUT2D eigenvalue weighted by atomic mass is 32.1. The lowest BCUT2D eigenvalue weighted by molar-refractivity contribution is -0.385. The molecule has 0 aliphatic rings. The van der Waals surface area contributed by atoms with Crippen LogP contribution in [0.3, 0.4) is 0 Å². The molecule has 128 valence electrons. The number of ether oxygens (including phenoxy) is 1. The first-order chi connectivity index (χ1) is 12.6. The van der Waals surface area contributed by atoms with Gasteiger partial charge in [-0.05, 0) is 47.8 Å². The second-order valence-corrected chi connectivity index (χ2v) is 5.92. The first-order valence-corrected chi connectivity index (χ1v) is 8.31. The monoisotopic (exact) mass is 365 g/mol. The van der Waals surface area contributed by atoms with Crippen LogP contribution in [0.2, 0.25) is 0 Å². The fourth-order valence-electron chi connectivity index (χ4n) is 2.15. The van der Waals surface area contributed by atoms with E-state index in [1.54, 1.807) is 35.7 Å². The molecule has 0 saturated heterocycles. The standard InChI is InChI=1S/C18H11N3O4S/c19-10-12-1-6-17(16(9-12)21(23)24)25-15-4-2-14(3-5-15)20-18(22)13-7-8-26-11-13/h1-9,11H,(H,20,22). The second kappa shape index (κ2) is 7.46. The van der Waals surface area contributed by atoms with Gasteiger partial charge in [-0.25, -0.2) is 0 Å². The van der Waals surface area contributed by atoms with Crippen molar-refractivity contribution >= 4 is 28.6 Å². The number of thiophene rings is 1. The van der Waals surface area contributed by atoms with Crippen molar-refractivity contribution in [1.82, 2.24) is 0 Å². The number of anilines is 1. The lowest BCUT2D eigenvalue weighted by Crippen LogP contribution is -2.10. The SMILES string of the molecule is N#Cc1ccc(Oc2ccc(NC(=O)c3ccsc3)cc2)c([N+](=O)[O-])c1. The lowest BCUT2D eigenvalue weighted by atomic mass is 10.2. The lowest BCUT2D eigenvalue weighted by Gasteiger charge is -2.08. The molecule has 3 rings (SSSR count). The van der Waals surface area contributed by atoms with E-state index in [2.05, 4.69) is 5.32 Å². The summed E-state index contributed by atoms with van der Waals surface area (Å²) < 4.78 is 5.54. The van der Waals surface area contributed by atoms with Gasteiger partial charge >= 0.3 is 5.69 Å². The number of benzene rings is 2. The Morgan fingerprint density at radius 1 is 1.19 bits per heavy atom. The number of carbonyl (C=O) groups excluding carboxylic acids is 1. The van der Waals surface area contributed by atoms with Crippen LogP contribution in [0.15, 0.2) is 59.3 Å². The molecule has 0 saturated carbocycles. The number of nitro benzene ring substituents is 1. The van der Waals surface area contributed by atoms with E-state index in [0.29, 0.717) is 17.0 Å². The summed E-state index contributed by atoms with van der Waals surface area (Å²) in [4.78, 5) is 22.5. The second-order valence-electron chi connectivity index (χ2n) is 5.14.